The van der Waals surface area contributed by atoms with Crippen LogP contribution >= 0.6 is 0 Å². The van der Waals surface area contributed by atoms with Gasteiger partial charge in [-0.15, -0.1) is 0 Å². The molecule has 0 aliphatic heterocycles. The molecule has 1 nitrogen and oxygen atoms in total. The van der Waals surface area contributed by atoms with Gasteiger partial charge in [-0.2, -0.15) is 0 Å². The average molecular weight is 714 g/mol. The van der Waals surface area contributed by atoms with Crippen molar-refractivity contribution in [1.82, 2.24) is 0 Å². The molecule has 6 aromatic carbocycles. The summed E-state index contributed by atoms with van der Waals surface area (Å²) in [4.78, 5) is 2.70. The van der Waals surface area contributed by atoms with Gasteiger partial charge in [0.2, 0.25) is 0 Å². The molecule has 55 heavy (non-hydrogen) atoms. The number of benzene rings is 6. The zero-order chi connectivity index (χ0) is 36.1. The van der Waals surface area contributed by atoms with Crippen LogP contribution in [0.3, 0.4) is 0 Å². The Hall–Kier alpha value is -4.88. The molecule has 5 saturated carbocycles. The van der Waals surface area contributed by atoms with Crippen molar-refractivity contribution in [2.45, 2.75) is 88.0 Å². The van der Waals surface area contributed by atoms with Crippen LogP contribution in [0.1, 0.15) is 98.4 Å². The van der Waals surface area contributed by atoms with Crippen LogP contribution in [-0.2, 0) is 17.4 Å². The van der Waals surface area contributed by atoms with Crippen LogP contribution in [-0.4, -0.2) is 0 Å². The minimum absolute atomic E-state index is 0.121. The van der Waals surface area contributed by atoms with Crippen molar-refractivity contribution in [2.75, 3.05) is 4.90 Å². The molecule has 4 bridgehead atoms. The fraction of sp³-hybridized carbons (Fsp3) is 0.333. The molecule has 0 aromatic heterocycles. The fourth-order valence-electron chi connectivity index (χ4n) is 13.8. The van der Waals surface area contributed by atoms with Gasteiger partial charge in [0.25, 0.3) is 0 Å². The predicted octanol–water partition coefficient (Wildman–Crippen LogP) is 14.0. The van der Waals surface area contributed by atoms with E-state index in [4.69, 9.17) is 0 Å². The minimum atomic E-state index is 0.121. The Morgan fingerprint density at radius 1 is 0.455 bits per heavy atom. The molecule has 0 amide bonds. The predicted molar refractivity (Wildman–Crippen MR) is 228 cm³/mol. The third-order valence-corrected chi connectivity index (χ3v) is 15.9. The van der Waals surface area contributed by atoms with Gasteiger partial charge in [0.1, 0.15) is 0 Å². The van der Waals surface area contributed by atoms with Crippen molar-refractivity contribution in [3.8, 4) is 33.4 Å². The molecule has 0 heterocycles. The van der Waals surface area contributed by atoms with E-state index in [2.05, 4.69) is 144 Å². The number of rotatable bonds is 5. The van der Waals surface area contributed by atoms with Crippen molar-refractivity contribution < 1.29 is 0 Å². The van der Waals surface area contributed by atoms with Gasteiger partial charge in [0, 0.05) is 28.7 Å². The van der Waals surface area contributed by atoms with E-state index in [1.165, 1.54) is 121 Å². The summed E-state index contributed by atoms with van der Waals surface area (Å²) in [6.07, 6.45) is 15.0. The SMILES string of the molecule is c1ccc(-c2ccccc2CN(c2ccc3c(c2)C2(CCCCC2)c2ccccc2-3)c2ccc3c(c2)C2(c4ccccc4-3)C3CCC4CC(C3)CC2C4)cc1. The zero-order valence-electron chi connectivity index (χ0n) is 32.0. The summed E-state index contributed by atoms with van der Waals surface area (Å²) in [5.74, 6) is 3.32. The van der Waals surface area contributed by atoms with E-state index in [1.807, 2.05) is 0 Å². The summed E-state index contributed by atoms with van der Waals surface area (Å²) in [5, 5.41) is 0. The number of fused-ring (bicyclic) bond motifs is 9. The van der Waals surface area contributed by atoms with E-state index in [9.17, 15) is 0 Å². The fourth-order valence-corrected chi connectivity index (χ4v) is 13.8. The summed E-state index contributed by atoms with van der Waals surface area (Å²) in [6.45, 7) is 0.819. The van der Waals surface area contributed by atoms with Crippen LogP contribution in [0.4, 0.5) is 11.4 Å². The molecule has 1 heteroatoms. The standard InChI is InChI=1S/C54H51N/c1-3-13-38(14-4-1)44-16-6-5-15-39(44)35-55(42-23-25-47-45-17-7-9-19-49(45)53(51(47)33-42)27-11-2-12-28-53)43-24-26-48-46-18-8-10-20-50(46)54(52(48)34-43)40-22-21-36-29-37(31-40)32-41(54)30-36/h1,3-10,13-20,23-26,33-34,36-37,40-41H,2,11-12,21-22,27-32,35H2. The summed E-state index contributed by atoms with van der Waals surface area (Å²) in [6, 6.07) is 54.4. The van der Waals surface area contributed by atoms with Gasteiger partial charge in [-0.1, -0.05) is 141 Å². The third kappa shape index (κ3) is 4.65. The van der Waals surface area contributed by atoms with E-state index in [0.717, 1.165) is 30.2 Å². The lowest BCUT2D eigenvalue weighted by Gasteiger charge is -2.53. The van der Waals surface area contributed by atoms with E-state index in [0.29, 0.717) is 0 Å². The highest BCUT2D eigenvalue weighted by Crippen LogP contribution is 2.68. The quantitative estimate of drug-likeness (QED) is 0.172. The Morgan fingerprint density at radius 3 is 1.85 bits per heavy atom. The van der Waals surface area contributed by atoms with Gasteiger partial charge in [-0.05, 0) is 154 Å². The first-order valence-corrected chi connectivity index (χ1v) is 21.6. The van der Waals surface area contributed by atoms with Gasteiger partial charge >= 0.3 is 0 Å². The van der Waals surface area contributed by atoms with Crippen molar-refractivity contribution in [2.24, 2.45) is 23.7 Å². The van der Waals surface area contributed by atoms with Crippen molar-refractivity contribution in [1.29, 1.82) is 0 Å². The highest BCUT2D eigenvalue weighted by atomic mass is 15.1. The van der Waals surface area contributed by atoms with E-state index < -0.39 is 0 Å². The second kappa shape index (κ2) is 12.3. The highest BCUT2D eigenvalue weighted by molar-refractivity contribution is 5.87. The lowest BCUT2D eigenvalue weighted by molar-refractivity contribution is 0.0618. The van der Waals surface area contributed by atoms with Crippen LogP contribution in [0.5, 0.6) is 0 Å². The van der Waals surface area contributed by atoms with Crippen molar-refractivity contribution in [3.05, 3.63) is 167 Å². The Bertz CT molecular complexity index is 2440. The maximum absolute atomic E-state index is 2.71. The molecule has 7 aliphatic rings. The second-order valence-electron chi connectivity index (χ2n) is 18.3. The van der Waals surface area contributed by atoms with Crippen LogP contribution in [0.25, 0.3) is 33.4 Å². The van der Waals surface area contributed by atoms with E-state index in [-0.39, 0.29) is 10.8 Å². The Labute approximate surface area is 327 Å². The van der Waals surface area contributed by atoms with Gasteiger partial charge in [0.05, 0.1) is 0 Å². The summed E-state index contributed by atoms with van der Waals surface area (Å²) in [5.41, 5.74) is 19.3. The lowest BCUT2D eigenvalue weighted by Crippen LogP contribution is -2.48. The topological polar surface area (TPSA) is 3.24 Å². The third-order valence-electron chi connectivity index (χ3n) is 15.9. The molecule has 0 saturated heterocycles. The highest BCUT2D eigenvalue weighted by Gasteiger charge is 2.59. The van der Waals surface area contributed by atoms with Crippen LogP contribution in [0.2, 0.25) is 0 Å². The first-order valence-electron chi connectivity index (χ1n) is 21.6. The minimum Gasteiger partial charge on any atom is -0.337 e. The molecule has 2 spiro atoms. The molecular weight excluding hydrogens is 663 g/mol. The molecule has 272 valence electrons. The second-order valence-corrected chi connectivity index (χ2v) is 18.3. The average Bonchev–Trinajstić information content (AvgIpc) is 3.57. The Morgan fingerprint density at radius 2 is 1.05 bits per heavy atom. The summed E-state index contributed by atoms with van der Waals surface area (Å²) >= 11 is 0. The molecule has 0 radical (unpaired) electrons. The monoisotopic (exact) mass is 713 g/mol. The van der Waals surface area contributed by atoms with Gasteiger partial charge in [-0.25, -0.2) is 0 Å². The smallest absolute Gasteiger partial charge is 0.0487 e. The molecule has 7 aliphatic carbocycles. The van der Waals surface area contributed by atoms with Crippen molar-refractivity contribution in [3.63, 3.8) is 0 Å². The molecule has 5 unspecified atom stereocenters. The molecule has 6 aromatic rings. The lowest BCUT2D eigenvalue weighted by atomic mass is 9.51. The first kappa shape index (κ1) is 32.4. The zero-order valence-corrected chi connectivity index (χ0v) is 32.0. The number of hydrogen-bond acceptors (Lipinski definition) is 1. The summed E-state index contributed by atoms with van der Waals surface area (Å²) in [7, 11) is 0. The summed E-state index contributed by atoms with van der Waals surface area (Å²) < 4.78 is 0. The molecule has 0 N–H and O–H groups in total. The largest absolute Gasteiger partial charge is 0.337 e. The molecule has 5 fully saturated rings. The maximum atomic E-state index is 2.71. The van der Waals surface area contributed by atoms with Crippen molar-refractivity contribution >= 4 is 11.4 Å². The van der Waals surface area contributed by atoms with Gasteiger partial charge in [0.15, 0.2) is 0 Å². The number of nitrogens with zero attached hydrogens (tertiary/aromatic N) is 1. The van der Waals surface area contributed by atoms with E-state index >= 15 is 0 Å². The van der Waals surface area contributed by atoms with Crippen LogP contribution in [0, 0.1) is 23.7 Å². The van der Waals surface area contributed by atoms with Gasteiger partial charge < -0.3 is 4.90 Å². The van der Waals surface area contributed by atoms with Crippen LogP contribution in [0.15, 0.2) is 140 Å². The Balaban J connectivity index is 1.06. The molecular formula is C54H51N. The Kier molecular flexibility index (Phi) is 7.25. The van der Waals surface area contributed by atoms with Crippen LogP contribution < -0.4 is 4.90 Å². The van der Waals surface area contributed by atoms with E-state index in [1.54, 1.807) is 22.3 Å². The number of hydrogen-bond donors (Lipinski definition) is 0. The maximum Gasteiger partial charge on any atom is 0.0487 e. The molecule has 5 atom stereocenters. The van der Waals surface area contributed by atoms with Gasteiger partial charge in [-0.3, -0.25) is 0 Å². The normalized spacial score (nSPS) is 26.0. The molecule has 13 rings (SSSR count). The first-order chi connectivity index (χ1) is 27.2. The number of anilines is 2.